The van der Waals surface area contributed by atoms with Crippen LogP contribution in [0.4, 0.5) is 0 Å². The Morgan fingerprint density at radius 3 is 2.61 bits per heavy atom. The van der Waals surface area contributed by atoms with Gasteiger partial charge in [0.15, 0.2) is 0 Å². The summed E-state index contributed by atoms with van der Waals surface area (Å²) in [4.78, 5) is 14.9. The number of aromatic nitrogens is 2. The molecule has 0 aliphatic carbocycles. The minimum absolute atomic E-state index is 0.0931. The van der Waals surface area contributed by atoms with E-state index in [-0.39, 0.29) is 5.69 Å². The van der Waals surface area contributed by atoms with Crippen molar-refractivity contribution in [3.8, 4) is 5.69 Å². The molecule has 0 aliphatic rings. The maximum atomic E-state index is 12.0. The minimum Gasteiger partial charge on any atom is -0.305 e. The van der Waals surface area contributed by atoms with Crippen molar-refractivity contribution in [2.45, 2.75) is 13.3 Å². The summed E-state index contributed by atoms with van der Waals surface area (Å²) in [6.07, 6.45) is 0.962. The van der Waals surface area contributed by atoms with Gasteiger partial charge in [0.25, 0.3) is 0 Å². The Labute approximate surface area is 105 Å². The van der Waals surface area contributed by atoms with Gasteiger partial charge in [0.2, 0.25) is 0 Å². The van der Waals surface area contributed by atoms with Crippen LogP contribution in [0.25, 0.3) is 16.7 Å². The Kier molecular flexibility index (Phi) is 2.52. The van der Waals surface area contributed by atoms with E-state index in [0.717, 1.165) is 23.1 Å². The van der Waals surface area contributed by atoms with Gasteiger partial charge in [-0.05, 0) is 36.2 Å². The molecule has 1 aromatic heterocycles. The summed E-state index contributed by atoms with van der Waals surface area (Å²) in [5.41, 5.74) is 3.84. The fourth-order valence-electron chi connectivity index (χ4n) is 2.20. The number of hydrogen-bond donors (Lipinski definition) is 1. The Hall–Kier alpha value is -2.29. The molecule has 1 heterocycles. The zero-order chi connectivity index (χ0) is 12.5. The number of aryl methyl sites for hydroxylation is 1. The summed E-state index contributed by atoms with van der Waals surface area (Å²) in [6, 6.07) is 15.8. The molecular formula is C15H14N2O. The van der Waals surface area contributed by atoms with Crippen molar-refractivity contribution < 1.29 is 0 Å². The summed E-state index contributed by atoms with van der Waals surface area (Å²) in [6.45, 7) is 2.11. The zero-order valence-corrected chi connectivity index (χ0v) is 10.2. The van der Waals surface area contributed by atoms with Crippen molar-refractivity contribution in [2.75, 3.05) is 0 Å². The molecule has 2 aromatic carbocycles. The van der Waals surface area contributed by atoms with E-state index in [1.807, 2.05) is 42.5 Å². The van der Waals surface area contributed by atoms with E-state index in [1.54, 1.807) is 4.57 Å². The van der Waals surface area contributed by atoms with Crippen LogP contribution in [0.1, 0.15) is 12.5 Å². The average Bonchev–Trinajstić information content (AvgIpc) is 2.74. The van der Waals surface area contributed by atoms with E-state index in [1.165, 1.54) is 5.56 Å². The van der Waals surface area contributed by atoms with Crippen molar-refractivity contribution >= 4 is 11.0 Å². The third-order valence-electron chi connectivity index (χ3n) is 3.17. The predicted molar refractivity (Wildman–Crippen MR) is 73.3 cm³/mol. The molecule has 0 aliphatic heterocycles. The molecular weight excluding hydrogens is 224 g/mol. The van der Waals surface area contributed by atoms with Gasteiger partial charge in [-0.25, -0.2) is 4.79 Å². The number of H-pyrrole nitrogens is 1. The standard InChI is InChI=1S/C15H14N2O/c1-2-11-8-9-13-14(10-11)17(15(18)16-13)12-6-4-3-5-7-12/h3-10H,2H2,1H3,(H,16,18). The monoisotopic (exact) mass is 238 g/mol. The number of aromatic amines is 1. The van der Waals surface area contributed by atoms with E-state index >= 15 is 0 Å². The van der Waals surface area contributed by atoms with E-state index in [4.69, 9.17) is 0 Å². The first-order chi connectivity index (χ1) is 8.79. The second-order valence-electron chi connectivity index (χ2n) is 4.31. The molecule has 0 saturated heterocycles. The van der Waals surface area contributed by atoms with Crippen molar-refractivity contribution in [3.05, 3.63) is 64.6 Å². The molecule has 0 bridgehead atoms. The number of nitrogens with zero attached hydrogens (tertiary/aromatic N) is 1. The van der Waals surface area contributed by atoms with Gasteiger partial charge in [-0.2, -0.15) is 0 Å². The van der Waals surface area contributed by atoms with Crippen LogP contribution in [-0.4, -0.2) is 9.55 Å². The second-order valence-corrected chi connectivity index (χ2v) is 4.31. The lowest BCUT2D eigenvalue weighted by molar-refractivity contribution is 1.01. The Morgan fingerprint density at radius 1 is 1.11 bits per heavy atom. The lowest BCUT2D eigenvalue weighted by Crippen LogP contribution is -2.14. The van der Waals surface area contributed by atoms with Gasteiger partial charge < -0.3 is 4.98 Å². The molecule has 1 N–H and O–H groups in total. The molecule has 0 radical (unpaired) electrons. The highest BCUT2D eigenvalue weighted by molar-refractivity contribution is 5.78. The van der Waals surface area contributed by atoms with E-state index in [2.05, 4.69) is 18.0 Å². The molecule has 0 amide bonds. The smallest absolute Gasteiger partial charge is 0.305 e. The Bertz CT molecular complexity index is 738. The molecule has 0 saturated carbocycles. The van der Waals surface area contributed by atoms with Crippen LogP contribution in [0.2, 0.25) is 0 Å². The van der Waals surface area contributed by atoms with Gasteiger partial charge in [0.05, 0.1) is 16.7 Å². The maximum Gasteiger partial charge on any atom is 0.331 e. The van der Waals surface area contributed by atoms with E-state index in [0.29, 0.717) is 0 Å². The van der Waals surface area contributed by atoms with E-state index in [9.17, 15) is 4.79 Å². The summed E-state index contributed by atoms with van der Waals surface area (Å²) in [5.74, 6) is 0. The summed E-state index contributed by atoms with van der Waals surface area (Å²) < 4.78 is 1.72. The van der Waals surface area contributed by atoms with Gasteiger partial charge in [0.1, 0.15) is 0 Å². The third-order valence-corrected chi connectivity index (χ3v) is 3.17. The zero-order valence-electron chi connectivity index (χ0n) is 10.2. The first-order valence-electron chi connectivity index (χ1n) is 6.08. The molecule has 90 valence electrons. The average molecular weight is 238 g/mol. The molecule has 3 nitrogen and oxygen atoms in total. The molecule has 3 heteroatoms. The van der Waals surface area contributed by atoms with Gasteiger partial charge >= 0.3 is 5.69 Å². The highest BCUT2D eigenvalue weighted by atomic mass is 16.1. The first-order valence-corrected chi connectivity index (χ1v) is 6.08. The fourth-order valence-corrected chi connectivity index (χ4v) is 2.20. The van der Waals surface area contributed by atoms with Crippen LogP contribution in [0.3, 0.4) is 0 Å². The van der Waals surface area contributed by atoms with Crippen molar-refractivity contribution in [2.24, 2.45) is 0 Å². The maximum absolute atomic E-state index is 12.0. The number of hydrogen-bond acceptors (Lipinski definition) is 1. The Morgan fingerprint density at radius 2 is 1.89 bits per heavy atom. The summed E-state index contributed by atoms with van der Waals surface area (Å²) in [7, 11) is 0. The van der Waals surface area contributed by atoms with E-state index < -0.39 is 0 Å². The lowest BCUT2D eigenvalue weighted by atomic mass is 10.1. The third kappa shape index (κ3) is 1.64. The van der Waals surface area contributed by atoms with Crippen molar-refractivity contribution in [1.82, 2.24) is 9.55 Å². The van der Waals surface area contributed by atoms with Crippen LogP contribution in [-0.2, 0) is 6.42 Å². The van der Waals surface area contributed by atoms with Crippen LogP contribution >= 0.6 is 0 Å². The first kappa shape index (κ1) is 10.8. The summed E-state index contributed by atoms with van der Waals surface area (Å²) in [5, 5.41) is 0. The number of imidazole rings is 1. The SMILES string of the molecule is CCc1ccc2[nH]c(=O)n(-c3ccccc3)c2c1. The lowest BCUT2D eigenvalue weighted by Gasteiger charge is -2.03. The molecule has 0 unspecified atom stereocenters. The topological polar surface area (TPSA) is 37.8 Å². The normalized spacial score (nSPS) is 10.9. The number of para-hydroxylation sites is 1. The van der Waals surface area contributed by atoms with Gasteiger partial charge in [-0.1, -0.05) is 31.2 Å². The summed E-state index contributed by atoms with van der Waals surface area (Å²) >= 11 is 0. The Balaban J connectivity index is 2.34. The van der Waals surface area contributed by atoms with Crippen LogP contribution in [0, 0.1) is 0 Å². The molecule has 3 aromatic rings. The number of benzene rings is 2. The highest BCUT2D eigenvalue weighted by Crippen LogP contribution is 2.17. The number of nitrogens with one attached hydrogen (secondary N) is 1. The number of fused-ring (bicyclic) bond motifs is 1. The van der Waals surface area contributed by atoms with Crippen LogP contribution in [0.5, 0.6) is 0 Å². The predicted octanol–water partition coefficient (Wildman–Crippen LogP) is 2.88. The van der Waals surface area contributed by atoms with Crippen molar-refractivity contribution in [1.29, 1.82) is 0 Å². The number of rotatable bonds is 2. The quantitative estimate of drug-likeness (QED) is 0.732. The largest absolute Gasteiger partial charge is 0.331 e. The minimum atomic E-state index is -0.0931. The molecule has 0 spiro atoms. The van der Waals surface area contributed by atoms with Gasteiger partial charge in [-0.3, -0.25) is 4.57 Å². The van der Waals surface area contributed by atoms with Crippen LogP contribution in [0.15, 0.2) is 53.3 Å². The fraction of sp³-hybridized carbons (Fsp3) is 0.133. The van der Waals surface area contributed by atoms with Crippen molar-refractivity contribution in [3.63, 3.8) is 0 Å². The second kappa shape index (κ2) is 4.18. The molecule has 3 rings (SSSR count). The molecule has 0 fully saturated rings. The van der Waals surface area contributed by atoms with Crippen LogP contribution < -0.4 is 5.69 Å². The van der Waals surface area contributed by atoms with Gasteiger partial charge in [0, 0.05) is 0 Å². The molecule has 0 atom stereocenters. The van der Waals surface area contributed by atoms with Gasteiger partial charge in [-0.15, -0.1) is 0 Å². The highest BCUT2D eigenvalue weighted by Gasteiger charge is 2.08. The molecule has 18 heavy (non-hydrogen) atoms.